The smallest absolute Gasteiger partial charge is 0.308 e. The van der Waals surface area contributed by atoms with E-state index in [1.807, 2.05) is 0 Å². The highest BCUT2D eigenvalue weighted by Crippen LogP contribution is 2.25. The lowest BCUT2D eigenvalue weighted by atomic mass is 10.3. The van der Waals surface area contributed by atoms with Gasteiger partial charge in [-0.15, -0.1) is 0 Å². The van der Waals surface area contributed by atoms with Crippen molar-refractivity contribution >= 4 is 52.2 Å². The first kappa shape index (κ1) is 13.9. The van der Waals surface area contributed by atoms with Gasteiger partial charge in [0.25, 0.3) is 0 Å². The van der Waals surface area contributed by atoms with Gasteiger partial charge in [-0.05, 0) is 30.3 Å². The third kappa shape index (κ3) is 3.73. The first-order chi connectivity index (χ1) is 9.06. The number of pyridine rings is 1. The predicted molar refractivity (Wildman–Crippen MR) is 78.4 cm³/mol. The number of carbonyl (C=O) groups is 1. The van der Waals surface area contributed by atoms with Crippen molar-refractivity contribution in [2.75, 3.05) is 10.6 Å². The highest BCUT2D eigenvalue weighted by Gasteiger charge is 2.07. The van der Waals surface area contributed by atoms with Crippen LogP contribution in [0.4, 0.5) is 16.2 Å². The number of hydrogen-bond acceptors (Lipinski definition) is 2. The van der Waals surface area contributed by atoms with E-state index in [9.17, 15) is 4.79 Å². The SMILES string of the molecule is O=C(Nc1ccc(Cl)c(Cl)c1)Nc1cccnc1Cl. The average Bonchev–Trinajstić information content (AvgIpc) is 2.37. The zero-order chi connectivity index (χ0) is 13.8. The molecule has 19 heavy (non-hydrogen) atoms. The Morgan fingerprint density at radius 2 is 1.84 bits per heavy atom. The highest BCUT2D eigenvalue weighted by molar-refractivity contribution is 6.42. The Kier molecular flexibility index (Phi) is 4.47. The number of nitrogens with one attached hydrogen (secondary N) is 2. The summed E-state index contributed by atoms with van der Waals surface area (Å²) in [6.07, 6.45) is 1.53. The van der Waals surface area contributed by atoms with E-state index < -0.39 is 6.03 Å². The molecule has 7 heteroatoms. The molecule has 0 fully saturated rings. The monoisotopic (exact) mass is 315 g/mol. The van der Waals surface area contributed by atoms with Crippen molar-refractivity contribution in [3.8, 4) is 0 Å². The highest BCUT2D eigenvalue weighted by atomic mass is 35.5. The number of aromatic nitrogens is 1. The fourth-order valence-electron chi connectivity index (χ4n) is 1.34. The molecular weight excluding hydrogens is 309 g/mol. The maximum absolute atomic E-state index is 11.7. The van der Waals surface area contributed by atoms with Crippen molar-refractivity contribution in [2.24, 2.45) is 0 Å². The first-order valence-corrected chi connectivity index (χ1v) is 6.33. The van der Waals surface area contributed by atoms with Crippen molar-refractivity contribution in [3.05, 3.63) is 51.7 Å². The molecule has 2 amide bonds. The van der Waals surface area contributed by atoms with Gasteiger partial charge in [0, 0.05) is 11.9 Å². The van der Waals surface area contributed by atoms with Gasteiger partial charge in [-0.2, -0.15) is 0 Å². The summed E-state index contributed by atoms with van der Waals surface area (Å²) in [6.45, 7) is 0. The summed E-state index contributed by atoms with van der Waals surface area (Å²) in [5.41, 5.74) is 0.939. The molecule has 0 saturated heterocycles. The molecule has 2 rings (SSSR count). The third-order valence-electron chi connectivity index (χ3n) is 2.18. The molecule has 4 nitrogen and oxygen atoms in total. The summed E-state index contributed by atoms with van der Waals surface area (Å²) in [4.78, 5) is 15.6. The fraction of sp³-hybridized carbons (Fsp3) is 0. The Labute approximate surface area is 124 Å². The second-order valence-corrected chi connectivity index (χ2v) is 4.72. The number of anilines is 2. The van der Waals surface area contributed by atoms with E-state index in [0.717, 1.165) is 0 Å². The molecule has 1 aromatic carbocycles. The van der Waals surface area contributed by atoms with Crippen LogP contribution in [0, 0.1) is 0 Å². The molecule has 0 aliphatic heterocycles. The summed E-state index contributed by atoms with van der Waals surface area (Å²) in [7, 11) is 0. The van der Waals surface area contributed by atoms with E-state index in [-0.39, 0.29) is 5.15 Å². The first-order valence-electron chi connectivity index (χ1n) is 5.20. The number of benzene rings is 1. The minimum absolute atomic E-state index is 0.215. The minimum atomic E-state index is -0.451. The van der Waals surface area contributed by atoms with E-state index >= 15 is 0 Å². The number of hydrogen-bond donors (Lipinski definition) is 2. The molecule has 1 heterocycles. The largest absolute Gasteiger partial charge is 0.323 e. The maximum Gasteiger partial charge on any atom is 0.323 e. The normalized spacial score (nSPS) is 10.1. The Hall–Kier alpha value is -1.49. The quantitative estimate of drug-likeness (QED) is 0.790. The van der Waals surface area contributed by atoms with Crippen LogP contribution in [-0.4, -0.2) is 11.0 Å². The molecule has 0 unspecified atom stereocenters. The Balaban J connectivity index is 2.05. The fourth-order valence-corrected chi connectivity index (χ4v) is 1.80. The third-order valence-corrected chi connectivity index (χ3v) is 3.22. The second kappa shape index (κ2) is 6.10. The van der Waals surface area contributed by atoms with Gasteiger partial charge in [-0.1, -0.05) is 34.8 Å². The van der Waals surface area contributed by atoms with Gasteiger partial charge in [0.05, 0.1) is 15.7 Å². The summed E-state index contributed by atoms with van der Waals surface area (Å²) in [5.74, 6) is 0. The van der Waals surface area contributed by atoms with Crippen molar-refractivity contribution in [3.63, 3.8) is 0 Å². The zero-order valence-electron chi connectivity index (χ0n) is 9.45. The van der Waals surface area contributed by atoms with Crippen LogP contribution in [0.3, 0.4) is 0 Å². The maximum atomic E-state index is 11.7. The predicted octanol–water partition coefficient (Wildman–Crippen LogP) is 4.69. The number of nitrogens with zero attached hydrogens (tertiary/aromatic N) is 1. The van der Waals surface area contributed by atoms with Gasteiger partial charge in [0.2, 0.25) is 0 Å². The number of rotatable bonds is 2. The molecule has 0 spiro atoms. The minimum Gasteiger partial charge on any atom is -0.308 e. The molecule has 0 aliphatic rings. The van der Waals surface area contributed by atoms with Crippen molar-refractivity contribution in [1.82, 2.24) is 4.98 Å². The van der Waals surface area contributed by atoms with E-state index in [1.165, 1.54) is 6.20 Å². The van der Waals surface area contributed by atoms with Crippen LogP contribution in [-0.2, 0) is 0 Å². The van der Waals surface area contributed by atoms with Crippen LogP contribution in [0.2, 0.25) is 15.2 Å². The summed E-state index contributed by atoms with van der Waals surface area (Å²) < 4.78 is 0. The van der Waals surface area contributed by atoms with E-state index in [4.69, 9.17) is 34.8 Å². The van der Waals surface area contributed by atoms with Gasteiger partial charge < -0.3 is 10.6 Å². The second-order valence-electron chi connectivity index (χ2n) is 3.55. The van der Waals surface area contributed by atoms with Gasteiger partial charge >= 0.3 is 6.03 Å². The molecule has 0 bridgehead atoms. The molecule has 2 N–H and O–H groups in total. The van der Waals surface area contributed by atoms with E-state index in [0.29, 0.717) is 21.4 Å². The molecule has 0 radical (unpaired) electrons. The molecule has 0 aliphatic carbocycles. The Morgan fingerprint density at radius 3 is 2.53 bits per heavy atom. The number of urea groups is 1. The molecular formula is C12H8Cl3N3O. The lowest BCUT2D eigenvalue weighted by Gasteiger charge is -2.08. The van der Waals surface area contributed by atoms with E-state index in [1.54, 1.807) is 30.3 Å². The lowest BCUT2D eigenvalue weighted by Crippen LogP contribution is -2.19. The van der Waals surface area contributed by atoms with Crippen LogP contribution in [0.5, 0.6) is 0 Å². The van der Waals surface area contributed by atoms with Crippen LogP contribution >= 0.6 is 34.8 Å². The van der Waals surface area contributed by atoms with Crippen molar-refractivity contribution in [1.29, 1.82) is 0 Å². The molecule has 0 atom stereocenters. The lowest BCUT2D eigenvalue weighted by molar-refractivity contribution is 0.262. The standard InChI is InChI=1S/C12H8Cl3N3O/c13-8-4-3-7(6-9(8)14)17-12(19)18-10-2-1-5-16-11(10)15/h1-6H,(H2,17,18,19). The molecule has 1 aromatic heterocycles. The zero-order valence-corrected chi connectivity index (χ0v) is 11.7. The molecule has 0 saturated carbocycles. The summed E-state index contributed by atoms with van der Waals surface area (Å²) in [6, 6.07) is 7.64. The van der Waals surface area contributed by atoms with Gasteiger partial charge in [-0.25, -0.2) is 9.78 Å². The molecule has 2 aromatic rings. The van der Waals surface area contributed by atoms with Gasteiger partial charge in [0.15, 0.2) is 5.15 Å². The van der Waals surface area contributed by atoms with Crippen molar-refractivity contribution < 1.29 is 4.79 Å². The van der Waals surface area contributed by atoms with Crippen molar-refractivity contribution in [2.45, 2.75) is 0 Å². The topological polar surface area (TPSA) is 54.0 Å². The number of carbonyl (C=O) groups excluding carboxylic acids is 1. The number of halogens is 3. The van der Waals surface area contributed by atoms with Crippen LogP contribution < -0.4 is 10.6 Å². The van der Waals surface area contributed by atoms with Crippen LogP contribution in [0.25, 0.3) is 0 Å². The Morgan fingerprint density at radius 1 is 1.05 bits per heavy atom. The average molecular weight is 317 g/mol. The van der Waals surface area contributed by atoms with Gasteiger partial charge in [-0.3, -0.25) is 0 Å². The molecule has 98 valence electrons. The summed E-state index contributed by atoms with van der Waals surface area (Å²) in [5, 5.41) is 6.17. The van der Waals surface area contributed by atoms with E-state index in [2.05, 4.69) is 15.6 Å². The number of amides is 2. The summed E-state index contributed by atoms with van der Waals surface area (Å²) >= 11 is 17.5. The van der Waals surface area contributed by atoms with Crippen LogP contribution in [0.1, 0.15) is 0 Å². The van der Waals surface area contributed by atoms with Crippen LogP contribution in [0.15, 0.2) is 36.5 Å². The Bertz CT molecular complexity index is 619. The van der Waals surface area contributed by atoms with Gasteiger partial charge in [0.1, 0.15) is 0 Å².